The van der Waals surface area contributed by atoms with Crippen molar-refractivity contribution in [1.29, 1.82) is 0 Å². The van der Waals surface area contributed by atoms with Crippen LogP contribution in [0.15, 0.2) is 18.3 Å². The van der Waals surface area contributed by atoms with E-state index >= 15 is 0 Å². The highest BCUT2D eigenvalue weighted by atomic mass is 16.4. The molecule has 7 nitrogen and oxygen atoms in total. The number of hydrogen-bond donors (Lipinski definition) is 3. The highest BCUT2D eigenvalue weighted by molar-refractivity contribution is 5.87. The van der Waals surface area contributed by atoms with Gasteiger partial charge in [-0.2, -0.15) is 5.10 Å². The van der Waals surface area contributed by atoms with Crippen LogP contribution in [0.3, 0.4) is 0 Å². The molecule has 3 rings (SSSR count). The van der Waals surface area contributed by atoms with E-state index in [2.05, 4.69) is 20.7 Å². The van der Waals surface area contributed by atoms with E-state index in [-0.39, 0.29) is 11.7 Å². The fourth-order valence-corrected chi connectivity index (χ4v) is 3.42. The van der Waals surface area contributed by atoms with Crippen molar-refractivity contribution in [2.75, 3.05) is 18.4 Å². The molecule has 1 aliphatic carbocycles. The number of pyridine rings is 1. The Balaban J connectivity index is 1.55. The third kappa shape index (κ3) is 3.82. The Kier molecular flexibility index (Phi) is 5.33. The second-order valence-corrected chi connectivity index (χ2v) is 6.38. The Hall–Kier alpha value is -2.41. The highest BCUT2D eigenvalue weighted by Gasteiger charge is 2.28. The first kappa shape index (κ1) is 17.4. The number of anilines is 1. The van der Waals surface area contributed by atoms with Gasteiger partial charge < -0.3 is 15.7 Å². The molecule has 0 radical (unpaired) electrons. The molecule has 1 atom stereocenters. The molecule has 1 aliphatic rings. The highest BCUT2D eigenvalue weighted by Crippen LogP contribution is 2.25. The molecule has 1 unspecified atom stereocenters. The molecule has 0 bridgehead atoms. The van der Waals surface area contributed by atoms with E-state index < -0.39 is 5.97 Å². The number of hydrogen-bond acceptors (Lipinski definition) is 5. The van der Waals surface area contributed by atoms with E-state index in [0.29, 0.717) is 6.54 Å². The van der Waals surface area contributed by atoms with Gasteiger partial charge in [0.25, 0.3) is 0 Å². The maximum atomic E-state index is 11.4. The smallest absolute Gasteiger partial charge is 0.356 e. The number of carboxylic acid groups (broad SMARTS) is 1. The molecule has 0 fully saturated rings. The summed E-state index contributed by atoms with van der Waals surface area (Å²) in [5, 5.41) is 20.5. The Bertz CT molecular complexity index is 756. The Morgan fingerprint density at radius 1 is 1.44 bits per heavy atom. The first-order valence-electron chi connectivity index (χ1n) is 8.80. The van der Waals surface area contributed by atoms with Crippen LogP contribution in [0.4, 0.5) is 5.82 Å². The summed E-state index contributed by atoms with van der Waals surface area (Å²) in [5.41, 5.74) is 3.32. The van der Waals surface area contributed by atoms with Gasteiger partial charge in [-0.05, 0) is 44.7 Å². The lowest BCUT2D eigenvalue weighted by Crippen LogP contribution is -2.37. The van der Waals surface area contributed by atoms with Gasteiger partial charge in [-0.25, -0.2) is 9.78 Å². The number of carboxylic acids is 1. The molecular formula is C18H25N5O2. The predicted octanol–water partition coefficient (Wildman–Crippen LogP) is 1.86. The summed E-state index contributed by atoms with van der Waals surface area (Å²) >= 11 is 0. The van der Waals surface area contributed by atoms with Crippen molar-refractivity contribution in [2.24, 2.45) is 0 Å². The molecular weight excluding hydrogens is 318 g/mol. The second kappa shape index (κ2) is 7.65. The minimum atomic E-state index is -0.934. The predicted molar refractivity (Wildman–Crippen MR) is 96.1 cm³/mol. The van der Waals surface area contributed by atoms with Crippen LogP contribution < -0.4 is 10.6 Å². The van der Waals surface area contributed by atoms with E-state index in [1.54, 1.807) is 6.20 Å². The number of aromatic nitrogens is 3. The van der Waals surface area contributed by atoms with E-state index in [0.717, 1.165) is 55.0 Å². The van der Waals surface area contributed by atoms with Crippen LogP contribution in [0.25, 0.3) is 0 Å². The molecule has 0 saturated heterocycles. The van der Waals surface area contributed by atoms with Crippen LogP contribution in [-0.2, 0) is 19.4 Å². The molecule has 0 aromatic carbocycles. The number of rotatable bonds is 7. The zero-order chi connectivity index (χ0) is 17.8. The molecule has 3 N–H and O–H groups in total. The normalized spacial score (nSPS) is 16.5. The van der Waals surface area contributed by atoms with Crippen LogP contribution in [0.5, 0.6) is 0 Å². The average Bonchev–Trinajstić information content (AvgIpc) is 2.98. The van der Waals surface area contributed by atoms with E-state index in [4.69, 9.17) is 0 Å². The largest absolute Gasteiger partial charge is 0.476 e. The van der Waals surface area contributed by atoms with Gasteiger partial charge in [0.2, 0.25) is 0 Å². The zero-order valence-corrected chi connectivity index (χ0v) is 14.7. The van der Waals surface area contributed by atoms with Crippen molar-refractivity contribution in [3.8, 4) is 0 Å². The fourth-order valence-electron chi connectivity index (χ4n) is 3.42. The molecule has 134 valence electrons. The number of fused-ring (bicyclic) bond motifs is 1. The maximum absolute atomic E-state index is 11.4. The summed E-state index contributed by atoms with van der Waals surface area (Å²) in [5.74, 6) is -0.0241. The lowest BCUT2D eigenvalue weighted by atomic mass is 9.91. The molecule has 2 aromatic heterocycles. The zero-order valence-electron chi connectivity index (χ0n) is 14.7. The summed E-state index contributed by atoms with van der Waals surface area (Å²) in [6.07, 6.45) is 4.37. The monoisotopic (exact) mass is 343 g/mol. The van der Waals surface area contributed by atoms with Crippen molar-refractivity contribution < 1.29 is 9.90 Å². The molecule has 0 saturated carbocycles. The van der Waals surface area contributed by atoms with Crippen molar-refractivity contribution >= 4 is 11.8 Å². The Morgan fingerprint density at radius 2 is 2.28 bits per heavy atom. The van der Waals surface area contributed by atoms with E-state index in [9.17, 15) is 9.90 Å². The molecule has 0 spiro atoms. The Labute approximate surface area is 147 Å². The molecule has 25 heavy (non-hydrogen) atoms. The summed E-state index contributed by atoms with van der Waals surface area (Å²) in [7, 11) is 0. The molecule has 2 aromatic rings. The van der Waals surface area contributed by atoms with Gasteiger partial charge in [-0.3, -0.25) is 4.68 Å². The lowest BCUT2D eigenvalue weighted by Gasteiger charge is -2.24. The fraction of sp³-hybridized carbons (Fsp3) is 0.500. The summed E-state index contributed by atoms with van der Waals surface area (Å²) in [6.45, 7) is 6.32. The first-order chi connectivity index (χ1) is 12.1. The minimum absolute atomic E-state index is 0.214. The summed E-state index contributed by atoms with van der Waals surface area (Å²) in [4.78, 5) is 15.8. The van der Waals surface area contributed by atoms with Gasteiger partial charge in [-0.1, -0.05) is 6.07 Å². The van der Waals surface area contributed by atoms with Crippen LogP contribution >= 0.6 is 0 Å². The number of aryl methyl sites for hydroxylation is 2. The molecule has 0 amide bonds. The molecule has 7 heteroatoms. The van der Waals surface area contributed by atoms with Crippen molar-refractivity contribution in [1.82, 2.24) is 20.1 Å². The summed E-state index contributed by atoms with van der Waals surface area (Å²) in [6, 6.07) is 4.24. The van der Waals surface area contributed by atoms with Crippen molar-refractivity contribution in [2.45, 2.75) is 45.7 Å². The van der Waals surface area contributed by atoms with Gasteiger partial charge in [-0.15, -0.1) is 0 Å². The van der Waals surface area contributed by atoms with Gasteiger partial charge >= 0.3 is 5.97 Å². The minimum Gasteiger partial charge on any atom is -0.476 e. The van der Waals surface area contributed by atoms with Crippen LogP contribution in [0.2, 0.25) is 0 Å². The van der Waals surface area contributed by atoms with E-state index in [1.807, 2.05) is 30.7 Å². The standard InChI is InChI=1S/C18H25N5O2/c1-3-23-15-7-6-13(11-14(15)16(22-23)18(24)25)19-9-10-21-17-12(2)5-4-8-20-17/h4-5,8,13,19H,3,6-7,9-11H2,1-2H3,(H,20,21)(H,24,25). The van der Waals surface area contributed by atoms with Gasteiger partial charge in [0.15, 0.2) is 5.69 Å². The quantitative estimate of drug-likeness (QED) is 0.665. The summed E-state index contributed by atoms with van der Waals surface area (Å²) < 4.78 is 1.83. The number of aromatic carboxylic acids is 1. The maximum Gasteiger partial charge on any atom is 0.356 e. The first-order valence-corrected chi connectivity index (χ1v) is 8.80. The SMILES string of the molecule is CCn1nc(C(=O)O)c2c1CCC(NCCNc1ncccc1C)C2. The van der Waals surface area contributed by atoms with Crippen LogP contribution in [-0.4, -0.2) is 45.0 Å². The van der Waals surface area contributed by atoms with Crippen molar-refractivity contribution in [3.63, 3.8) is 0 Å². The number of nitrogens with zero attached hydrogens (tertiary/aromatic N) is 3. The van der Waals surface area contributed by atoms with Gasteiger partial charge in [0.05, 0.1) is 0 Å². The number of carbonyl (C=O) groups is 1. The third-order valence-electron chi connectivity index (χ3n) is 4.71. The van der Waals surface area contributed by atoms with Gasteiger partial charge in [0.1, 0.15) is 5.82 Å². The van der Waals surface area contributed by atoms with E-state index in [1.165, 1.54) is 0 Å². The average molecular weight is 343 g/mol. The van der Waals surface area contributed by atoms with Crippen LogP contribution in [0, 0.1) is 6.92 Å². The Morgan fingerprint density at radius 3 is 3.00 bits per heavy atom. The molecule has 2 heterocycles. The third-order valence-corrected chi connectivity index (χ3v) is 4.71. The molecule has 0 aliphatic heterocycles. The van der Waals surface area contributed by atoms with Crippen molar-refractivity contribution in [3.05, 3.63) is 40.8 Å². The second-order valence-electron chi connectivity index (χ2n) is 6.38. The lowest BCUT2D eigenvalue weighted by molar-refractivity contribution is 0.0688. The number of nitrogens with one attached hydrogen (secondary N) is 2. The van der Waals surface area contributed by atoms with Crippen LogP contribution in [0.1, 0.15) is 40.7 Å². The topological polar surface area (TPSA) is 92.1 Å². The van der Waals surface area contributed by atoms with Gasteiger partial charge in [0, 0.05) is 43.1 Å².